The maximum absolute atomic E-state index is 4.13. The van der Waals surface area contributed by atoms with Gasteiger partial charge in [0, 0.05) is 5.54 Å². The molecule has 0 radical (unpaired) electrons. The van der Waals surface area contributed by atoms with Gasteiger partial charge in [0.15, 0.2) is 0 Å². The fourth-order valence-electron chi connectivity index (χ4n) is 2.82. The Morgan fingerprint density at radius 1 is 1.36 bits per heavy atom. The molecule has 1 spiro atoms. The lowest BCUT2D eigenvalue weighted by molar-refractivity contribution is 0.0493. The van der Waals surface area contributed by atoms with Crippen molar-refractivity contribution >= 4 is 11.3 Å². The molecule has 2 heterocycles. The van der Waals surface area contributed by atoms with Crippen LogP contribution < -0.4 is 0 Å². The molecule has 0 atom stereocenters. The lowest BCUT2D eigenvalue weighted by atomic mass is 9.75. The van der Waals surface area contributed by atoms with Gasteiger partial charge in [-0.25, -0.2) is 0 Å². The first kappa shape index (κ1) is 8.80. The highest BCUT2D eigenvalue weighted by Gasteiger charge is 2.45. The molecule has 14 heavy (non-hydrogen) atoms. The fourth-order valence-corrected chi connectivity index (χ4v) is 3.36. The zero-order valence-electron chi connectivity index (χ0n) is 8.28. The molecule has 3 rings (SSSR count). The van der Waals surface area contributed by atoms with E-state index in [0.29, 0.717) is 5.54 Å². The van der Waals surface area contributed by atoms with Gasteiger partial charge in [-0.3, -0.25) is 4.90 Å². The molecule has 1 saturated heterocycles. The second-order valence-corrected chi connectivity index (χ2v) is 5.35. The fraction of sp³-hybridized carbons (Fsp3) is 0.800. The highest BCUT2D eigenvalue weighted by atomic mass is 32.1. The van der Waals surface area contributed by atoms with Crippen LogP contribution in [0.15, 0.2) is 5.51 Å². The molecular formula is C10H15N3S. The van der Waals surface area contributed by atoms with E-state index < -0.39 is 0 Å². The van der Waals surface area contributed by atoms with Crippen LogP contribution in [0, 0.1) is 0 Å². The molecule has 0 N–H and O–H groups in total. The van der Waals surface area contributed by atoms with Crippen LogP contribution in [-0.2, 0) is 6.54 Å². The van der Waals surface area contributed by atoms with Crippen LogP contribution in [0.4, 0.5) is 0 Å². The second-order valence-electron chi connectivity index (χ2n) is 4.44. The average molecular weight is 209 g/mol. The second kappa shape index (κ2) is 3.28. The van der Waals surface area contributed by atoms with Gasteiger partial charge in [0.25, 0.3) is 0 Å². The minimum atomic E-state index is 0.575. The lowest BCUT2D eigenvalue weighted by Gasteiger charge is -2.45. The van der Waals surface area contributed by atoms with Crippen molar-refractivity contribution in [3.8, 4) is 0 Å². The van der Waals surface area contributed by atoms with Gasteiger partial charge >= 0.3 is 0 Å². The molecule has 4 heteroatoms. The third-order valence-electron chi connectivity index (χ3n) is 3.76. The Hall–Kier alpha value is -0.480. The van der Waals surface area contributed by atoms with E-state index in [0.717, 1.165) is 6.54 Å². The maximum Gasteiger partial charge on any atom is 0.131 e. The Balaban J connectivity index is 1.72. The first-order valence-corrected chi connectivity index (χ1v) is 6.27. The van der Waals surface area contributed by atoms with E-state index in [1.807, 2.05) is 5.51 Å². The van der Waals surface area contributed by atoms with Gasteiger partial charge < -0.3 is 0 Å². The minimum Gasteiger partial charge on any atom is -0.291 e. The summed E-state index contributed by atoms with van der Waals surface area (Å²) in [6.45, 7) is 2.30. The highest BCUT2D eigenvalue weighted by Crippen LogP contribution is 2.45. The molecule has 1 aliphatic carbocycles. The van der Waals surface area contributed by atoms with E-state index >= 15 is 0 Å². The van der Waals surface area contributed by atoms with Gasteiger partial charge in [0.05, 0.1) is 6.54 Å². The first-order valence-electron chi connectivity index (χ1n) is 5.39. The summed E-state index contributed by atoms with van der Waals surface area (Å²) >= 11 is 1.68. The number of hydrogen-bond donors (Lipinski definition) is 0. The van der Waals surface area contributed by atoms with Crippen molar-refractivity contribution < 1.29 is 0 Å². The van der Waals surface area contributed by atoms with Crippen LogP contribution in [0.25, 0.3) is 0 Å². The van der Waals surface area contributed by atoms with Crippen LogP contribution in [0.2, 0.25) is 0 Å². The van der Waals surface area contributed by atoms with Gasteiger partial charge in [-0.1, -0.05) is 0 Å². The summed E-state index contributed by atoms with van der Waals surface area (Å²) in [5.41, 5.74) is 2.41. The summed E-state index contributed by atoms with van der Waals surface area (Å²) in [6, 6.07) is 0. The van der Waals surface area contributed by atoms with Crippen LogP contribution in [0.1, 0.15) is 37.1 Å². The molecule has 2 aliphatic rings. The molecule has 76 valence electrons. The molecule has 1 saturated carbocycles. The summed E-state index contributed by atoms with van der Waals surface area (Å²) in [6.07, 6.45) is 7.02. The topological polar surface area (TPSA) is 29.0 Å². The molecule has 1 aromatic rings. The average Bonchev–Trinajstić information content (AvgIpc) is 2.71. The monoisotopic (exact) mass is 209 g/mol. The summed E-state index contributed by atoms with van der Waals surface area (Å²) in [5, 5.41) is 9.21. The predicted molar refractivity (Wildman–Crippen MR) is 56.1 cm³/mol. The maximum atomic E-state index is 4.13. The summed E-state index contributed by atoms with van der Waals surface area (Å²) in [7, 11) is 0. The molecule has 0 aromatic carbocycles. The molecule has 2 fully saturated rings. The quantitative estimate of drug-likeness (QED) is 0.746. The Bertz CT molecular complexity index is 305. The summed E-state index contributed by atoms with van der Waals surface area (Å²) in [4.78, 5) is 2.64. The van der Waals surface area contributed by atoms with E-state index in [1.54, 1.807) is 11.3 Å². The predicted octanol–water partition coefficient (Wildman–Crippen LogP) is 2.06. The Labute approximate surface area is 88.1 Å². The zero-order chi connectivity index (χ0) is 9.43. The van der Waals surface area contributed by atoms with E-state index in [1.165, 1.54) is 43.7 Å². The number of likely N-dealkylation sites (tertiary alicyclic amines) is 1. The molecular weight excluding hydrogens is 194 g/mol. The normalized spacial score (nSPS) is 25.4. The summed E-state index contributed by atoms with van der Waals surface area (Å²) in [5.74, 6) is 0. The molecule has 3 nitrogen and oxygen atoms in total. The highest BCUT2D eigenvalue weighted by molar-refractivity contribution is 7.09. The van der Waals surface area contributed by atoms with Crippen LogP contribution in [-0.4, -0.2) is 27.2 Å². The van der Waals surface area contributed by atoms with E-state index in [2.05, 4.69) is 15.1 Å². The van der Waals surface area contributed by atoms with Crippen LogP contribution >= 0.6 is 11.3 Å². The van der Waals surface area contributed by atoms with Gasteiger partial charge in [-0.2, -0.15) is 0 Å². The third kappa shape index (κ3) is 1.28. The van der Waals surface area contributed by atoms with Gasteiger partial charge in [-0.05, 0) is 38.6 Å². The van der Waals surface area contributed by atoms with Crippen LogP contribution in [0.3, 0.4) is 0 Å². The first-order chi connectivity index (χ1) is 6.89. The number of aromatic nitrogens is 2. The molecule has 0 amide bonds. The number of rotatable bonds is 2. The van der Waals surface area contributed by atoms with Crippen molar-refractivity contribution in [2.75, 3.05) is 6.54 Å². The molecule has 0 bridgehead atoms. The third-order valence-corrected chi connectivity index (χ3v) is 4.44. The zero-order valence-corrected chi connectivity index (χ0v) is 9.09. The van der Waals surface area contributed by atoms with Crippen LogP contribution in [0.5, 0.6) is 0 Å². The Kier molecular flexibility index (Phi) is 2.06. The SMILES string of the molecule is c1nnc(CN2CCCC23CCC3)s1. The van der Waals surface area contributed by atoms with Gasteiger partial charge in [0.2, 0.25) is 0 Å². The van der Waals surface area contributed by atoms with Crippen molar-refractivity contribution in [2.45, 2.75) is 44.2 Å². The van der Waals surface area contributed by atoms with E-state index in [4.69, 9.17) is 0 Å². The standard InChI is InChI=1S/C10H15N3S/c1-3-10(4-1)5-2-6-13(10)7-9-12-11-8-14-9/h8H,1-7H2. The van der Waals surface area contributed by atoms with Crippen molar-refractivity contribution in [1.82, 2.24) is 15.1 Å². The lowest BCUT2D eigenvalue weighted by Crippen LogP contribution is -2.48. The van der Waals surface area contributed by atoms with Gasteiger partial charge in [-0.15, -0.1) is 21.5 Å². The smallest absolute Gasteiger partial charge is 0.131 e. The largest absolute Gasteiger partial charge is 0.291 e. The van der Waals surface area contributed by atoms with Crippen molar-refractivity contribution in [3.63, 3.8) is 0 Å². The minimum absolute atomic E-state index is 0.575. The Morgan fingerprint density at radius 2 is 2.21 bits per heavy atom. The van der Waals surface area contributed by atoms with Crippen molar-refractivity contribution in [1.29, 1.82) is 0 Å². The van der Waals surface area contributed by atoms with Crippen molar-refractivity contribution in [3.05, 3.63) is 10.5 Å². The number of hydrogen-bond acceptors (Lipinski definition) is 4. The molecule has 0 unspecified atom stereocenters. The molecule has 1 aliphatic heterocycles. The number of nitrogens with zero attached hydrogens (tertiary/aromatic N) is 3. The van der Waals surface area contributed by atoms with E-state index in [-0.39, 0.29) is 0 Å². The summed E-state index contributed by atoms with van der Waals surface area (Å²) < 4.78 is 0. The van der Waals surface area contributed by atoms with Crippen molar-refractivity contribution in [2.24, 2.45) is 0 Å². The van der Waals surface area contributed by atoms with Gasteiger partial charge in [0.1, 0.15) is 10.5 Å². The molecule has 1 aromatic heterocycles. The van der Waals surface area contributed by atoms with E-state index in [9.17, 15) is 0 Å². The Morgan fingerprint density at radius 3 is 2.86 bits per heavy atom.